The van der Waals surface area contributed by atoms with E-state index in [-0.39, 0.29) is 11.5 Å². The Hall–Kier alpha value is -2.79. The van der Waals surface area contributed by atoms with Gasteiger partial charge in [0.05, 0.1) is 22.8 Å². The second-order valence-electron chi connectivity index (χ2n) is 6.41. The molecular formula is C21H21ClN2O3. The number of carbonyl (C=O) groups is 1. The Bertz CT molecular complexity index is 1040. The molecule has 3 aromatic rings. The van der Waals surface area contributed by atoms with Crippen LogP contribution in [0, 0.1) is 6.92 Å². The summed E-state index contributed by atoms with van der Waals surface area (Å²) in [4.78, 5) is 24.2. The van der Waals surface area contributed by atoms with E-state index in [1.807, 2.05) is 37.3 Å². The summed E-state index contributed by atoms with van der Waals surface area (Å²) in [5.74, 6) is 0.411. The number of carbonyl (C=O) groups excluding carboxylic acids is 1. The van der Waals surface area contributed by atoms with Crippen LogP contribution in [0.1, 0.15) is 18.4 Å². The van der Waals surface area contributed by atoms with Crippen molar-refractivity contribution in [1.82, 2.24) is 4.57 Å². The van der Waals surface area contributed by atoms with Gasteiger partial charge in [-0.05, 0) is 43.2 Å². The van der Waals surface area contributed by atoms with Crippen molar-refractivity contribution < 1.29 is 9.53 Å². The SMILES string of the molecule is Cc1ccc(NC(=O)CCCOc2cc(=O)n(C)c3ccccc23)c(Cl)c1. The minimum absolute atomic E-state index is 0.127. The number of nitrogens with zero attached hydrogens (tertiary/aromatic N) is 1. The van der Waals surface area contributed by atoms with Gasteiger partial charge in [0, 0.05) is 24.9 Å². The van der Waals surface area contributed by atoms with Gasteiger partial charge < -0.3 is 14.6 Å². The average molecular weight is 385 g/mol. The second-order valence-corrected chi connectivity index (χ2v) is 6.81. The van der Waals surface area contributed by atoms with Crippen LogP contribution in [-0.2, 0) is 11.8 Å². The minimum Gasteiger partial charge on any atom is -0.493 e. The fourth-order valence-corrected chi connectivity index (χ4v) is 3.13. The van der Waals surface area contributed by atoms with E-state index >= 15 is 0 Å². The molecule has 5 nitrogen and oxygen atoms in total. The topological polar surface area (TPSA) is 60.3 Å². The van der Waals surface area contributed by atoms with Gasteiger partial charge in [-0.1, -0.05) is 29.8 Å². The van der Waals surface area contributed by atoms with Gasteiger partial charge >= 0.3 is 0 Å². The molecule has 1 N–H and O–H groups in total. The summed E-state index contributed by atoms with van der Waals surface area (Å²) in [6, 6.07) is 14.5. The predicted molar refractivity (Wildman–Crippen MR) is 109 cm³/mol. The number of fused-ring (bicyclic) bond motifs is 1. The number of rotatable bonds is 6. The van der Waals surface area contributed by atoms with Gasteiger partial charge in [0.25, 0.3) is 5.56 Å². The first-order chi connectivity index (χ1) is 13.0. The Kier molecular flexibility index (Phi) is 5.81. The number of benzene rings is 2. The molecule has 1 amide bonds. The van der Waals surface area contributed by atoms with Crippen molar-refractivity contribution in [3.63, 3.8) is 0 Å². The zero-order chi connectivity index (χ0) is 19.4. The van der Waals surface area contributed by atoms with Crippen molar-refractivity contribution in [2.75, 3.05) is 11.9 Å². The van der Waals surface area contributed by atoms with Crippen molar-refractivity contribution in [2.45, 2.75) is 19.8 Å². The molecule has 0 unspecified atom stereocenters. The van der Waals surface area contributed by atoms with Gasteiger partial charge in [-0.25, -0.2) is 0 Å². The van der Waals surface area contributed by atoms with E-state index in [0.29, 0.717) is 35.9 Å². The Labute approximate surface area is 162 Å². The maximum atomic E-state index is 12.1. The smallest absolute Gasteiger partial charge is 0.254 e. The van der Waals surface area contributed by atoms with Crippen LogP contribution in [0.4, 0.5) is 5.69 Å². The van der Waals surface area contributed by atoms with Gasteiger partial charge in [-0.15, -0.1) is 0 Å². The third kappa shape index (κ3) is 4.49. The van der Waals surface area contributed by atoms with E-state index in [0.717, 1.165) is 16.5 Å². The number of ether oxygens (including phenoxy) is 1. The monoisotopic (exact) mass is 384 g/mol. The number of para-hydroxylation sites is 1. The number of halogens is 1. The molecule has 27 heavy (non-hydrogen) atoms. The summed E-state index contributed by atoms with van der Waals surface area (Å²) in [6.45, 7) is 2.28. The first-order valence-corrected chi connectivity index (χ1v) is 9.11. The van der Waals surface area contributed by atoms with E-state index < -0.39 is 0 Å². The van der Waals surface area contributed by atoms with Crippen molar-refractivity contribution in [3.05, 3.63) is 69.5 Å². The number of hydrogen-bond donors (Lipinski definition) is 1. The predicted octanol–water partition coefficient (Wildman–Crippen LogP) is 4.30. The molecule has 3 rings (SSSR count). The van der Waals surface area contributed by atoms with E-state index in [1.54, 1.807) is 23.7 Å². The van der Waals surface area contributed by atoms with Crippen LogP contribution in [0.2, 0.25) is 5.02 Å². The molecule has 1 aromatic heterocycles. The number of amides is 1. The first kappa shape index (κ1) is 19.0. The Morgan fingerprint density at radius 1 is 1.19 bits per heavy atom. The van der Waals surface area contributed by atoms with Crippen LogP contribution in [0.25, 0.3) is 10.9 Å². The molecule has 2 aromatic carbocycles. The average Bonchev–Trinajstić information content (AvgIpc) is 2.65. The highest BCUT2D eigenvalue weighted by Crippen LogP contribution is 2.24. The van der Waals surface area contributed by atoms with Crippen LogP contribution in [-0.4, -0.2) is 17.1 Å². The molecule has 0 bridgehead atoms. The maximum absolute atomic E-state index is 12.1. The lowest BCUT2D eigenvalue weighted by Gasteiger charge is -2.12. The molecule has 0 radical (unpaired) electrons. The van der Waals surface area contributed by atoms with Gasteiger partial charge in [0.15, 0.2) is 0 Å². The summed E-state index contributed by atoms with van der Waals surface area (Å²) in [5, 5.41) is 4.19. The number of anilines is 1. The van der Waals surface area contributed by atoms with Crippen LogP contribution in [0.15, 0.2) is 53.3 Å². The molecule has 140 valence electrons. The van der Waals surface area contributed by atoms with Crippen molar-refractivity contribution in [1.29, 1.82) is 0 Å². The molecular weight excluding hydrogens is 364 g/mol. The van der Waals surface area contributed by atoms with Crippen molar-refractivity contribution in [2.24, 2.45) is 7.05 Å². The third-order valence-electron chi connectivity index (χ3n) is 4.32. The summed E-state index contributed by atoms with van der Waals surface area (Å²) >= 11 is 6.13. The number of nitrogens with one attached hydrogen (secondary N) is 1. The van der Waals surface area contributed by atoms with Gasteiger partial charge in [-0.2, -0.15) is 0 Å². The molecule has 1 heterocycles. The molecule has 0 saturated carbocycles. The van der Waals surface area contributed by atoms with E-state index in [1.165, 1.54) is 6.07 Å². The first-order valence-electron chi connectivity index (χ1n) is 8.73. The highest BCUT2D eigenvalue weighted by molar-refractivity contribution is 6.33. The standard InChI is InChI=1S/C21H21ClN2O3/c1-14-9-10-17(16(22)12-14)23-20(25)8-5-11-27-19-13-21(26)24(2)18-7-4-3-6-15(18)19/h3-4,6-7,9-10,12-13H,5,8,11H2,1-2H3,(H,23,25). The molecule has 0 spiro atoms. The quantitative estimate of drug-likeness (QED) is 0.644. The van der Waals surface area contributed by atoms with Crippen LogP contribution < -0.4 is 15.6 Å². The second kappa shape index (κ2) is 8.27. The van der Waals surface area contributed by atoms with E-state index in [4.69, 9.17) is 16.3 Å². The molecule has 0 saturated heterocycles. The van der Waals surface area contributed by atoms with Crippen LogP contribution in [0.5, 0.6) is 5.75 Å². The van der Waals surface area contributed by atoms with Gasteiger partial charge in [0.1, 0.15) is 5.75 Å². The molecule has 6 heteroatoms. The minimum atomic E-state index is -0.129. The number of aryl methyl sites for hydroxylation is 2. The van der Waals surface area contributed by atoms with Gasteiger partial charge in [-0.3, -0.25) is 9.59 Å². The molecule has 0 atom stereocenters. The maximum Gasteiger partial charge on any atom is 0.254 e. The van der Waals surface area contributed by atoms with Gasteiger partial charge in [0.2, 0.25) is 5.91 Å². The molecule has 0 aliphatic carbocycles. The summed E-state index contributed by atoms with van der Waals surface area (Å²) in [6.07, 6.45) is 0.825. The van der Waals surface area contributed by atoms with Crippen LogP contribution >= 0.6 is 11.6 Å². The van der Waals surface area contributed by atoms with E-state index in [9.17, 15) is 9.59 Å². The van der Waals surface area contributed by atoms with Crippen molar-refractivity contribution in [3.8, 4) is 5.75 Å². The molecule has 0 aliphatic heterocycles. The van der Waals surface area contributed by atoms with Crippen molar-refractivity contribution >= 4 is 34.1 Å². The number of hydrogen-bond acceptors (Lipinski definition) is 3. The van der Waals surface area contributed by atoms with E-state index in [2.05, 4.69) is 5.32 Å². The lowest BCUT2D eigenvalue weighted by molar-refractivity contribution is -0.116. The number of aromatic nitrogens is 1. The largest absolute Gasteiger partial charge is 0.493 e. The summed E-state index contributed by atoms with van der Waals surface area (Å²) in [7, 11) is 1.73. The normalized spacial score (nSPS) is 10.8. The zero-order valence-electron chi connectivity index (χ0n) is 15.3. The fourth-order valence-electron chi connectivity index (χ4n) is 2.85. The Balaban J connectivity index is 1.58. The summed E-state index contributed by atoms with van der Waals surface area (Å²) in [5.41, 5.74) is 2.32. The molecule has 0 fully saturated rings. The zero-order valence-corrected chi connectivity index (χ0v) is 16.0. The lowest BCUT2D eigenvalue weighted by Crippen LogP contribution is -2.17. The fraction of sp³-hybridized carbons (Fsp3) is 0.238. The summed E-state index contributed by atoms with van der Waals surface area (Å²) < 4.78 is 7.36. The highest BCUT2D eigenvalue weighted by atomic mass is 35.5. The lowest BCUT2D eigenvalue weighted by atomic mass is 10.2. The third-order valence-corrected chi connectivity index (χ3v) is 4.63. The number of pyridine rings is 1. The van der Waals surface area contributed by atoms with Crippen LogP contribution in [0.3, 0.4) is 0 Å². The Morgan fingerprint density at radius 3 is 2.74 bits per heavy atom. The molecule has 0 aliphatic rings. The highest BCUT2D eigenvalue weighted by Gasteiger charge is 2.09. The Morgan fingerprint density at radius 2 is 1.96 bits per heavy atom.